The Bertz CT molecular complexity index is 897. The number of hydrogen-bond donors (Lipinski definition) is 2. The van der Waals surface area contributed by atoms with Gasteiger partial charge in [0, 0.05) is 17.0 Å². The van der Waals surface area contributed by atoms with Crippen molar-refractivity contribution in [3.8, 4) is 0 Å². The molecule has 2 fully saturated rings. The molecule has 3 atom stereocenters. The van der Waals surface area contributed by atoms with Crippen LogP contribution < -0.4 is 10.6 Å². The fourth-order valence-electron chi connectivity index (χ4n) is 3.95. The summed E-state index contributed by atoms with van der Waals surface area (Å²) in [7, 11) is 0. The van der Waals surface area contributed by atoms with Crippen LogP contribution in [0, 0.1) is 12.8 Å². The number of aromatic nitrogens is 2. The molecule has 8 heteroatoms. The number of hydrogen-bond acceptors (Lipinski definition) is 4. The molecule has 4 rings (SSSR count). The molecular weight excluding hydrogens is 380 g/mol. The Morgan fingerprint density at radius 3 is 3.07 bits per heavy atom. The number of ether oxygens (including phenoxy) is 1. The van der Waals surface area contributed by atoms with Crippen molar-refractivity contribution < 1.29 is 14.3 Å². The van der Waals surface area contributed by atoms with E-state index in [0.717, 1.165) is 24.1 Å². The lowest BCUT2D eigenvalue weighted by molar-refractivity contribution is -0.141. The summed E-state index contributed by atoms with van der Waals surface area (Å²) in [6.45, 7) is 2.49. The lowest BCUT2D eigenvalue weighted by Gasteiger charge is -2.38. The van der Waals surface area contributed by atoms with E-state index < -0.39 is 0 Å². The van der Waals surface area contributed by atoms with Crippen LogP contribution in [0.1, 0.15) is 30.5 Å². The molecule has 0 radical (unpaired) electrons. The number of halogens is 1. The zero-order valence-corrected chi connectivity index (χ0v) is 16.4. The number of aryl methyl sites for hydroxylation is 1. The van der Waals surface area contributed by atoms with E-state index in [1.165, 1.54) is 0 Å². The Labute approximate surface area is 168 Å². The summed E-state index contributed by atoms with van der Waals surface area (Å²) in [4.78, 5) is 24.3. The number of nitrogens with one attached hydrogen (secondary N) is 2. The van der Waals surface area contributed by atoms with Crippen LogP contribution in [-0.2, 0) is 20.9 Å². The predicted octanol–water partition coefficient (Wildman–Crippen LogP) is 2.52. The van der Waals surface area contributed by atoms with Gasteiger partial charge in [-0.25, -0.2) is 4.68 Å². The highest BCUT2D eigenvalue weighted by atomic mass is 35.5. The lowest BCUT2D eigenvalue weighted by Crippen LogP contribution is -2.55. The molecule has 2 aliphatic rings. The van der Waals surface area contributed by atoms with Gasteiger partial charge in [0.15, 0.2) is 0 Å². The van der Waals surface area contributed by atoms with Gasteiger partial charge in [0.2, 0.25) is 11.8 Å². The molecule has 1 aliphatic carbocycles. The summed E-state index contributed by atoms with van der Waals surface area (Å²) in [6, 6.07) is 9.47. The monoisotopic (exact) mass is 402 g/mol. The summed E-state index contributed by atoms with van der Waals surface area (Å²) >= 11 is 6.07. The van der Waals surface area contributed by atoms with Gasteiger partial charge in [-0.1, -0.05) is 23.7 Å². The number of nitrogens with zero attached hydrogens (tertiary/aromatic N) is 2. The maximum absolute atomic E-state index is 12.9. The second-order valence-corrected chi connectivity index (χ2v) is 7.92. The predicted molar refractivity (Wildman–Crippen MR) is 105 cm³/mol. The van der Waals surface area contributed by atoms with Crippen molar-refractivity contribution in [1.29, 1.82) is 0 Å². The zero-order valence-electron chi connectivity index (χ0n) is 15.7. The smallest absolute Gasteiger partial charge is 0.246 e. The van der Waals surface area contributed by atoms with Gasteiger partial charge < -0.3 is 15.4 Å². The Morgan fingerprint density at radius 2 is 2.25 bits per heavy atom. The third-order valence-electron chi connectivity index (χ3n) is 5.31. The van der Waals surface area contributed by atoms with Crippen LogP contribution in [0.3, 0.4) is 0 Å². The number of morpholine rings is 1. The first-order chi connectivity index (χ1) is 13.5. The van der Waals surface area contributed by atoms with Gasteiger partial charge >= 0.3 is 0 Å². The van der Waals surface area contributed by atoms with E-state index in [-0.39, 0.29) is 36.5 Å². The maximum Gasteiger partial charge on any atom is 0.246 e. The summed E-state index contributed by atoms with van der Waals surface area (Å²) in [5.74, 6) is 0.407. The van der Waals surface area contributed by atoms with Gasteiger partial charge in [-0.05, 0) is 43.9 Å². The summed E-state index contributed by atoms with van der Waals surface area (Å²) < 4.78 is 7.40. The van der Waals surface area contributed by atoms with Crippen LogP contribution in [0.2, 0.25) is 5.02 Å². The van der Waals surface area contributed by atoms with Gasteiger partial charge in [-0.3, -0.25) is 9.59 Å². The minimum Gasteiger partial charge on any atom is -0.366 e. The SMILES string of the molecule is Cc1cc(NC(=O)[C@H]2CC[C@@H]3NC(=O)CO[C@H]3C2)n(Cc2cccc(Cl)c2)n1. The molecule has 28 heavy (non-hydrogen) atoms. The van der Waals surface area contributed by atoms with Crippen molar-refractivity contribution in [2.45, 2.75) is 44.9 Å². The average Bonchev–Trinajstić information content (AvgIpc) is 3.00. The van der Waals surface area contributed by atoms with Gasteiger partial charge in [0.25, 0.3) is 0 Å². The Kier molecular flexibility index (Phi) is 5.37. The van der Waals surface area contributed by atoms with Crippen LogP contribution >= 0.6 is 11.6 Å². The van der Waals surface area contributed by atoms with E-state index in [1.807, 2.05) is 37.3 Å². The minimum absolute atomic E-state index is 0.0147. The average molecular weight is 403 g/mol. The van der Waals surface area contributed by atoms with Gasteiger partial charge in [-0.2, -0.15) is 5.10 Å². The van der Waals surface area contributed by atoms with E-state index in [4.69, 9.17) is 16.3 Å². The van der Waals surface area contributed by atoms with Crippen molar-refractivity contribution in [2.24, 2.45) is 5.92 Å². The summed E-state index contributed by atoms with van der Waals surface area (Å²) in [5.41, 5.74) is 1.84. The van der Waals surface area contributed by atoms with Crippen LogP contribution in [-0.4, -0.2) is 40.3 Å². The van der Waals surface area contributed by atoms with E-state index in [0.29, 0.717) is 23.8 Å². The van der Waals surface area contributed by atoms with Gasteiger partial charge in [0.05, 0.1) is 24.4 Å². The van der Waals surface area contributed by atoms with E-state index in [2.05, 4.69) is 15.7 Å². The third kappa shape index (κ3) is 4.20. The number of amides is 2. The first-order valence-corrected chi connectivity index (χ1v) is 9.86. The first-order valence-electron chi connectivity index (χ1n) is 9.48. The van der Waals surface area contributed by atoms with E-state index in [1.54, 1.807) is 4.68 Å². The molecule has 1 aromatic heterocycles. The van der Waals surface area contributed by atoms with Crippen molar-refractivity contribution in [1.82, 2.24) is 15.1 Å². The third-order valence-corrected chi connectivity index (χ3v) is 5.55. The molecular formula is C20H23ClN4O3. The highest BCUT2D eigenvalue weighted by molar-refractivity contribution is 6.30. The molecule has 7 nitrogen and oxygen atoms in total. The molecule has 148 valence electrons. The van der Waals surface area contributed by atoms with Crippen LogP contribution in [0.25, 0.3) is 0 Å². The molecule has 1 aliphatic heterocycles. The number of benzene rings is 1. The second kappa shape index (κ2) is 7.93. The molecule has 0 unspecified atom stereocenters. The normalized spacial score (nSPS) is 24.4. The quantitative estimate of drug-likeness (QED) is 0.822. The largest absolute Gasteiger partial charge is 0.366 e. The molecule has 1 aromatic carbocycles. The zero-order chi connectivity index (χ0) is 19.7. The molecule has 2 heterocycles. The first kappa shape index (κ1) is 19.0. The Hall–Kier alpha value is -2.38. The van der Waals surface area contributed by atoms with Crippen LogP contribution in [0.15, 0.2) is 30.3 Å². The summed E-state index contributed by atoms with van der Waals surface area (Å²) in [6.07, 6.45) is 1.98. The maximum atomic E-state index is 12.9. The Morgan fingerprint density at radius 1 is 1.39 bits per heavy atom. The van der Waals surface area contributed by atoms with Crippen LogP contribution in [0.4, 0.5) is 5.82 Å². The fourth-order valence-corrected chi connectivity index (χ4v) is 4.16. The summed E-state index contributed by atoms with van der Waals surface area (Å²) in [5, 5.41) is 11.1. The van der Waals surface area contributed by atoms with E-state index >= 15 is 0 Å². The second-order valence-electron chi connectivity index (χ2n) is 7.48. The molecule has 2 aromatic rings. The van der Waals surface area contributed by atoms with Crippen molar-refractivity contribution in [2.75, 3.05) is 11.9 Å². The van der Waals surface area contributed by atoms with Gasteiger partial charge in [0.1, 0.15) is 12.4 Å². The molecule has 2 amide bonds. The number of carbonyl (C=O) groups is 2. The standard InChI is InChI=1S/C20H23ClN4O3/c1-12-7-18(25(24-12)10-13-3-2-4-15(21)8-13)23-20(27)14-5-6-16-17(9-14)28-11-19(26)22-16/h2-4,7-8,14,16-17H,5-6,9-11H2,1H3,(H,22,26)(H,23,27)/t14-,16-,17-/m0/s1. The molecule has 1 saturated carbocycles. The van der Waals surface area contributed by atoms with Gasteiger partial charge in [-0.15, -0.1) is 0 Å². The minimum atomic E-state index is -0.147. The highest BCUT2D eigenvalue weighted by Crippen LogP contribution is 2.29. The highest BCUT2D eigenvalue weighted by Gasteiger charge is 2.38. The van der Waals surface area contributed by atoms with Crippen LogP contribution in [0.5, 0.6) is 0 Å². The van der Waals surface area contributed by atoms with Crippen molar-refractivity contribution in [3.05, 3.63) is 46.6 Å². The van der Waals surface area contributed by atoms with E-state index in [9.17, 15) is 9.59 Å². The fraction of sp³-hybridized carbons (Fsp3) is 0.450. The number of carbonyl (C=O) groups excluding carboxylic acids is 2. The molecule has 0 bridgehead atoms. The lowest BCUT2D eigenvalue weighted by atomic mass is 9.82. The van der Waals surface area contributed by atoms with Crippen molar-refractivity contribution in [3.63, 3.8) is 0 Å². The molecule has 0 spiro atoms. The number of fused-ring (bicyclic) bond motifs is 1. The molecule has 2 N–H and O–H groups in total. The number of rotatable bonds is 4. The Balaban J connectivity index is 1.43. The topological polar surface area (TPSA) is 85.3 Å². The number of anilines is 1. The van der Waals surface area contributed by atoms with Crippen molar-refractivity contribution >= 4 is 29.2 Å². The molecule has 1 saturated heterocycles.